The van der Waals surface area contributed by atoms with Crippen LogP contribution in [0.2, 0.25) is 0 Å². The molecule has 0 saturated heterocycles. The minimum atomic E-state index is 0.00176. The standard InChI is InChI=1S/C6H6INO/c1-4-2-3-5(7)8-6(4)9/h2-3H,1H3,(H,8,9). The van der Waals surface area contributed by atoms with Gasteiger partial charge in [-0.1, -0.05) is 6.07 Å². The number of hydrogen-bond donors (Lipinski definition) is 1. The maximum atomic E-state index is 10.8. The van der Waals surface area contributed by atoms with Gasteiger partial charge in [0.25, 0.3) is 5.56 Å². The minimum Gasteiger partial charge on any atom is -0.317 e. The number of pyridine rings is 1. The molecule has 0 aliphatic rings. The highest BCUT2D eigenvalue weighted by Gasteiger charge is 1.89. The first-order valence-electron chi connectivity index (χ1n) is 2.55. The summed E-state index contributed by atoms with van der Waals surface area (Å²) >= 11 is 2.07. The van der Waals surface area contributed by atoms with Gasteiger partial charge in [0.2, 0.25) is 0 Å². The number of nitrogens with one attached hydrogen (secondary N) is 1. The van der Waals surface area contributed by atoms with Crippen LogP contribution in [-0.4, -0.2) is 4.98 Å². The van der Waals surface area contributed by atoms with E-state index >= 15 is 0 Å². The number of halogens is 1. The highest BCUT2D eigenvalue weighted by Crippen LogP contribution is 1.95. The van der Waals surface area contributed by atoms with Gasteiger partial charge in [0.05, 0.1) is 3.70 Å². The molecule has 0 unspecified atom stereocenters. The van der Waals surface area contributed by atoms with Crippen LogP contribution in [-0.2, 0) is 0 Å². The molecule has 3 heteroatoms. The second-order valence-electron chi connectivity index (χ2n) is 1.82. The molecule has 48 valence electrons. The Morgan fingerprint density at radius 2 is 2.22 bits per heavy atom. The molecule has 1 N–H and O–H groups in total. The lowest BCUT2D eigenvalue weighted by molar-refractivity contribution is 1.15. The lowest BCUT2D eigenvalue weighted by Gasteiger charge is -1.89. The first kappa shape index (κ1) is 6.80. The van der Waals surface area contributed by atoms with Crippen LogP contribution in [0, 0.1) is 10.6 Å². The van der Waals surface area contributed by atoms with Crippen molar-refractivity contribution in [3.63, 3.8) is 0 Å². The van der Waals surface area contributed by atoms with Gasteiger partial charge in [0.15, 0.2) is 0 Å². The third-order valence-corrected chi connectivity index (χ3v) is 1.70. The predicted molar refractivity (Wildman–Crippen MR) is 44.5 cm³/mol. The Balaban J connectivity index is 3.34. The van der Waals surface area contributed by atoms with Crippen LogP contribution in [0.3, 0.4) is 0 Å². The molecular weight excluding hydrogens is 229 g/mol. The van der Waals surface area contributed by atoms with Crippen molar-refractivity contribution in [2.45, 2.75) is 6.92 Å². The van der Waals surface area contributed by atoms with Gasteiger partial charge in [-0.15, -0.1) is 0 Å². The molecule has 1 aromatic heterocycles. The van der Waals surface area contributed by atoms with Crippen LogP contribution in [0.1, 0.15) is 5.56 Å². The lowest BCUT2D eigenvalue weighted by atomic mass is 10.3. The van der Waals surface area contributed by atoms with Crippen molar-refractivity contribution in [3.05, 3.63) is 31.8 Å². The summed E-state index contributed by atoms with van der Waals surface area (Å²) in [5.74, 6) is 0. The highest BCUT2D eigenvalue weighted by molar-refractivity contribution is 14.1. The van der Waals surface area contributed by atoms with Crippen LogP contribution < -0.4 is 5.56 Å². The molecule has 0 aliphatic heterocycles. The fraction of sp³-hybridized carbons (Fsp3) is 0.167. The van der Waals surface area contributed by atoms with Gasteiger partial charge in [0.1, 0.15) is 0 Å². The number of aromatic nitrogens is 1. The van der Waals surface area contributed by atoms with Crippen LogP contribution >= 0.6 is 22.6 Å². The molecule has 0 saturated carbocycles. The summed E-state index contributed by atoms with van der Waals surface area (Å²) in [6.07, 6.45) is 0. The van der Waals surface area contributed by atoms with Crippen molar-refractivity contribution in [2.75, 3.05) is 0 Å². The Hall–Kier alpha value is -0.320. The second-order valence-corrected chi connectivity index (χ2v) is 2.98. The summed E-state index contributed by atoms with van der Waals surface area (Å²) in [6, 6.07) is 3.68. The Morgan fingerprint density at radius 3 is 2.67 bits per heavy atom. The number of hydrogen-bond acceptors (Lipinski definition) is 1. The smallest absolute Gasteiger partial charge is 0.251 e. The van der Waals surface area contributed by atoms with E-state index in [-0.39, 0.29) is 5.56 Å². The van der Waals surface area contributed by atoms with E-state index in [0.29, 0.717) is 0 Å². The average molecular weight is 235 g/mol. The first-order valence-corrected chi connectivity index (χ1v) is 3.63. The Kier molecular flexibility index (Phi) is 1.90. The summed E-state index contributed by atoms with van der Waals surface area (Å²) in [4.78, 5) is 13.4. The topological polar surface area (TPSA) is 32.9 Å². The number of aromatic amines is 1. The molecule has 0 fully saturated rings. The van der Waals surface area contributed by atoms with Crippen LogP contribution in [0.25, 0.3) is 0 Å². The number of aryl methyl sites for hydroxylation is 1. The molecule has 9 heavy (non-hydrogen) atoms. The molecule has 0 radical (unpaired) electrons. The quantitative estimate of drug-likeness (QED) is 0.533. The van der Waals surface area contributed by atoms with Crippen LogP contribution in [0.4, 0.5) is 0 Å². The van der Waals surface area contributed by atoms with Crippen molar-refractivity contribution < 1.29 is 0 Å². The third kappa shape index (κ3) is 1.54. The largest absolute Gasteiger partial charge is 0.317 e. The number of H-pyrrole nitrogens is 1. The van der Waals surface area contributed by atoms with Crippen LogP contribution in [0.15, 0.2) is 16.9 Å². The van der Waals surface area contributed by atoms with Gasteiger partial charge < -0.3 is 4.98 Å². The summed E-state index contributed by atoms with van der Waals surface area (Å²) < 4.78 is 0.878. The Bertz CT molecular complexity index is 266. The van der Waals surface area contributed by atoms with E-state index in [1.807, 2.05) is 6.07 Å². The molecule has 1 heterocycles. The molecule has 1 aromatic rings. The molecule has 1 rings (SSSR count). The van der Waals surface area contributed by atoms with Crippen molar-refractivity contribution in [1.29, 1.82) is 0 Å². The molecule has 2 nitrogen and oxygen atoms in total. The van der Waals surface area contributed by atoms with Crippen molar-refractivity contribution in [2.24, 2.45) is 0 Å². The van der Waals surface area contributed by atoms with Crippen molar-refractivity contribution in [1.82, 2.24) is 4.98 Å². The maximum Gasteiger partial charge on any atom is 0.251 e. The van der Waals surface area contributed by atoms with Crippen molar-refractivity contribution >= 4 is 22.6 Å². The Morgan fingerprint density at radius 1 is 1.56 bits per heavy atom. The van der Waals surface area contributed by atoms with E-state index in [2.05, 4.69) is 27.6 Å². The third-order valence-electron chi connectivity index (χ3n) is 1.07. The second kappa shape index (κ2) is 2.51. The highest BCUT2D eigenvalue weighted by atomic mass is 127. The molecule has 0 spiro atoms. The molecular formula is C6H6INO. The van der Waals surface area contributed by atoms with Gasteiger partial charge in [-0.2, -0.15) is 0 Å². The van der Waals surface area contributed by atoms with Crippen molar-refractivity contribution in [3.8, 4) is 0 Å². The summed E-state index contributed by atoms with van der Waals surface area (Å²) in [7, 11) is 0. The average Bonchev–Trinajstić information content (AvgIpc) is 1.80. The summed E-state index contributed by atoms with van der Waals surface area (Å²) in [6.45, 7) is 1.79. The maximum absolute atomic E-state index is 10.8. The molecule has 0 bridgehead atoms. The number of rotatable bonds is 0. The first-order chi connectivity index (χ1) is 4.20. The van der Waals surface area contributed by atoms with Crippen LogP contribution in [0.5, 0.6) is 0 Å². The molecule has 0 aromatic carbocycles. The lowest BCUT2D eigenvalue weighted by Crippen LogP contribution is -2.09. The molecule has 0 atom stereocenters. The van der Waals surface area contributed by atoms with Gasteiger partial charge in [0, 0.05) is 5.56 Å². The SMILES string of the molecule is Cc1ccc(I)[nH]c1=O. The predicted octanol–water partition coefficient (Wildman–Crippen LogP) is 1.29. The zero-order chi connectivity index (χ0) is 6.85. The monoisotopic (exact) mass is 235 g/mol. The fourth-order valence-corrected chi connectivity index (χ4v) is 0.947. The van der Waals surface area contributed by atoms with E-state index in [1.54, 1.807) is 13.0 Å². The van der Waals surface area contributed by atoms with E-state index in [9.17, 15) is 4.79 Å². The van der Waals surface area contributed by atoms with Gasteiger partial charge in [-0.25, -0.2) is 0 Å². The van der Waals surface area contributed by atoms with E-state index in [0.717, 1.165) is 9.26 Å². The summed E-state index contributed by atoms with van der Waals surface area (Å²) in [5, 5.41) is 0. The summed E-state index contributed by atoms with van der Waals surface area (Å²) in [5.41, 5.74) is 0.761. The van der Waals surface area contributed by atoms with Gasteiger partial charge in [-0.3, -0.25) is 4.79 Å². The molecule has 0 amide bonds. The normalized spacial score (nSPS) is 9.56. The fourth-order valence-electron chi connectivity index (χ4n) is 0.523. The molecule has 0 aliphatic carbocycles. The Labute approximate surface area is 66.4 Å². The van der Waals surface area contributed by atoms with Gasteiger partial charge in [-0.05, 0) is 35.6 Å². The van der Waals surface area contributed by atoms with E-state index in [1.165, 1.54) is 0 Å². The van der Waals surface area contributed by atoms with Gasteiger partial charge >= 0.3 is 0 Å². The van der Waals surface area contributed by atoms with E-state index in [4.69, 9.17) is 0 Å². The zero-order valence-electron chi connectivity index (χ0n) is 4.94. The minimum absolute atomic E-state index is 0.00176. The van der Waals surface area contributed by atoms with E-state index < -0.39 is 0 Å². The zero-order valence-corrected chi connectivity index (χ0v) is 7.10.